The van der Waals surface area contributed by atoms with Crippen LogP contribution in [-0.4, -0.2) is 19.1 Å². The molecule has 6 rings (SSSR count). The zero-order chi connectivity index (χ0) is 28.6. The molecule has 2 aliphatic heterocycles. The lowest BCUT2D eigenvalue weighted by Crippen LogP contribution is -2.33. The van der Waals surface area contributed by atoms with E-state index in [9.17, 15) is 4.79 Å². The van der Waals surface area contributed by atoms with Crippen molar-refractivity contribution in [3.05, 3.63) is 113 Å². The molecular weight excluding hydrogens is 508 g/mol. The van der Waals surface area contributed by atoms with Crippen molar-refractivity contribution in [1.82, 2.24) is 0 Å². The van der Waals surface area contributed by atoms with E-state index >= 15 is 0 Å². The van der Waals surface area contributed by atoms with Crippen molar-refractivity contribution in [2.24, 2.45) is 5.92 Å². The van der Waals surface area contributed by atoms with Crippen LogP contribution in [0.1, 0.15) is 73.1 Å². The molecule has 4 aromatic carbocycles. The molecule has 0 saturated carbocycles. The van der Waals surface area contributed by atoms with Gasteiger partial charge in [0.05, 0.1) is 5.56 Å². The van der Waals surface area contributed by atoms with E-state index in [1.807, 2.05) is 36.4 Å². The van der Waals surface area contributed by atoms with Gasteiger partial charge in [0.25, 0.3) is 0 Å². The molecule has 0 aromatic heterocycles. The standard InChI is InChI=1S/C36H38N2O3/c1-5-9-25-12-14-26(15-13-25)37-27-16-19-33-32(22-27)36(30-11-8-7-10-29(30)35(39)41-36)31-18-17-28(23-34(31)40-33)38(6-2)21-20-24(3)4/h7-8,10-19,22-24,37H,5-6,9,20-21H2,1-4H3. The molecule has 41 heavy (non-hydrogen) atoms. The highest BCUT2D eigenvalue weighted by molar-refractivity contribution is 5.97. The first-order valence-corrected chi connectivity index (χ1v) is 14.8. The van der Waals surface area contributed by atoms with Crippen LogP contribution in [0, 0.1) is 5.92 Å². The third-order valence-corrected chi connectivity index (χ3v) is 8.20. The SMILES string of the molecule is CCCc1ccc(Nc2ccc3c(c2)C2(OC(=O)c4ccccc42)c2ccc(N(CC)CCC(C)C)cc2O3)cc1. The Hall–Kier alpha value is -4.25. The van der Waals surface area contributed by atoms with Gasteiger partial charge in [0.2, 0.25) is 0 Å². The molecule has 2 aliphatic rings. The van der Waals surface area contributed by atoms with Gasteiger partial charge in [-0.15, -0.1) is 0 Å². The van der Waals surface area contributed by atoms with Crippen LogP contribution in [0.5, 0.6) is 11.5 Å². The Morgan fingerprint density at radius 1 is 0.829 bits per heavy atom. The zero-order valence-electron chi connectivity index (χ0n) is 24.4. The van der Waals surface area contributed by atoms with Crippen LogP contribution in [0.25, 0.3) is 0 Å². The predicted octanol–water partition coefficient (Wildman–Crippen LogP) is 8.82. The molecule has 0 radical (unpaired) electrons. The van der Waals surface area contributed by atoms with E-state index in [1.54, 1.807) is 0 Å². The Bertz CT molecular complexity index is 1580. The van der Waals surface area contributed by atoms with E-state index in [2.05, 4.69) is 86.4 Å². The number of anilines is 3. The molecule has 1 unspecified atom stereocenters. The second-order valence-corrected chi connectivity index (χ2v) is 11.4. The highest BCUT2D eigenvalue weighted by Crippen LogP contribution is 2.57. The van der Waals surface area contributed by atoms with Crippen molar-refractivity contribution in [2.45, 2.75) is 52.6 Å². The minimum atomic E-state index is -1.09. The molecule has 1 N–H and O–H groups in total. The van der Waals surface area contributed by atoms with Gasteiger partial charge in [0, 0.05) is 52.9 Å². The summed E-state index contributed by atoms with van der Waals surface area (Å²) in [7, 11) is 0. The topological polar surface area (TPSA) is 50.8 Å². The van der Waals surface area contributed by atoms with Crippen molar-refractivity contribution in [1.29, 1.82) is 0 Å². The minimum Gasteiger partial charge on any atom is -0.456 e. The zero-order valence-corrected chi connectivity index (χ0v) is 24.4. The average Bonchev–Trinajstić information content (AvgIpc) is 3.27. The molecule has 1 atom stereocenters. The maximum atomic E-state index is 13.3. The van der Waals surface area contributed by atoms with Crippen LogP contribution in [-0.2, 0) is 16.8 Å². The fourth-order valence-electron chi connectivity index (χ4n) is 6.03. The van der Waals surface area contributed by atoms with E-state index < -0.39 is 5.60 Å². The van der Waals surface area contributed by atoms with Crippen LogP contribution in [0.3, 0.4) is 0 Å². The Labute approximate surface area is 243 Å². The summed E-state index contributed by atoms with van der Waals surface area (Å²) < 4.78 is 13.0. The maximum absolute atomic E-state index is 13.3. The van der Waals surface area contributed by atoms with Gasteiger partial charge < -0.3 is 19.7 Å². The number of hydrogen-bond donors (Lipinski definition) is 1. The Kier molecular flexibility index (Phi) is 7.21. The van der Waals surface area contributed by atoms with E-state index in [0.717, 1.165) is 71.9 Å². The number of ether oxygens (including phenoxy) is 2. The highest BCUT2D eigenvalue weighted by Gasteiger charge is 2.53. The Morgan fingerprint density at radius 3 is 2.37 bits per heavy atom. The normalized spacial score (nSPS) is 16.6. The van der Waals surface area contributed by atoms with Crippen molar-refractivity contribution in [2.75, 3.05) is 23.3 Å². The van der Waals surface area contributed by atoms with Gasteiger partial charge in [0.15, 0.2) is 5.60 Å². The first kappa shape index (κ1) is 26.9. The Balaban J connectivity index is 1.44. The number of rotatable bonds is 9. The molecule has 0 aliphatic carbocycles. The molecule has 5 nitrogen and oxygen atoms in total. The van der Waals surface area contributed by atoms with E-state index in [0.29, 0.717) is 17.2 Å². The highest BCUT2D eigenvalue weighted by atomic mass is 16.6. The smallest absolute Gasteiger partial charge is 0.340 e. The number of nitrogens with zero attached hydrogens (tertiary/aromatic N) is 1. The average molecular weight is 547 g/mol. The lowest BCUT2D eigenvalue weighted by atomic mass is 9.77. The molecular formula is C36H38N2O3. The largest absolute Gasteiger partial charge is 0.456 e. The molecule has 210 valence electrons. The lowest BCUT2D eigenvalue weighted by molar-refractivity contribution is 0.0224. The van der Waals surface area contributed by atoms with Gasteiger partial charge in [-0.2, -0.15) is 0 Å². The molecule has 1 spiro atoms. The number of hydrogen-bond acceptors (Lipinski definition) is 5. The molecule has 2 heterocycles. The van der Waals surface area contributed by atoms with Crippen LogP contribution in [0.15, 0.2) is 84.9 Å². The second kappa shape index (κ2) is 11.0. The molecule has 0 saturated heterocycles. The van der Waals surface area contributed by atoms with E-state index in [-0.39, 0.29) is 5.97 Å². The minimum absolute atomic E-state index is 0.319. The number of nitrogens with one attached hydrogen (secondary N) is 1. The second-order valence-electron chi connectivity index (χ2n) is 11.4. The lowest BCUT2D eigenvalue weighted by Gasteiger charge is -2.37. The van der Waals surface area contributed by atoms with Crippen LogP contribution in [0.4, 0.5) is 17.1 Å². The number of carbonyl (C=O) groups excluding carboxylic acids is 1. The van der Waals surface area contributed by atoms with E-state index in [1.165, 1.54) is 5.56 Å². The molecule has 4 aromatic rings. The summed E-state index contributed by atoms with van der Waals surface area (Å²) in [6.45, 7) is 10.7. The third kappa shape index (κ3) is 4.84. The van der Waals surface area contributed by atoms with Crippen molar-refractivity contribution in [3.63, 3.8) is 0 Å². The van der Waals surface area contributed by atoms with Gasteiger partial charge >= 0.3 is 5.97 Å². The Morgan fingerprint density at radius 2 is 1.61 bits per heavy atom. The van der Waals surface area contributed by atoms with Gasteiger partial charge in [-0.05, 0) is 79.8 Å². The van der Waals surface area contributed by atoms with Gasteiger partial charge in [0.1, 0.15) is 11.5 Å². The maximum Gasteiger partial charge on any atom is 0.340 e. The fourth-order valence-corrected chi connectivity index (χ4v) is 6.03. The molecule has 0 bridgehead atoms. The molecule has 5 heteroatoms. The van der Waals surface area contributed by atoms with Crippen molar-refractivity contribution >= 4 is 23.0 Å². The number of fused-ring (bicyclic) bond motifs is 6. The summed E-state index contributed by atoms with van der Waals surface area (Å²) in [5.74, 6) is 1.71. The summed E-state index contributed by atoms with van der Waals surface area (Å²) in [6, 6.07) is 28.6. The fraction of sp³-hybridized carbons (Fsp3) is 0.306. The third-order valence-electron chi connectivity index (χ3n) is 8.20. The van der Waals surface area contributed by atoms with Crippen molar-refractivity contribution in [3.8, 4) is 11.5 Å². The number of benzene rings is 4. The van der Waals surface area contributed by atoms with Crippen molar-refractivity contribution < 1.29 is 14.3 Å². The number of carbonyl (C=O) groups is 1. The van der Waals surface area contributed by atoms with Gasteiger partial charge in [-0.1, -0.05) is 57.5 Å². The summed E-state index contributed by atoms with van der Waals surface area (Å²) in [6.07, 6.45) is 3.30. The first-order valence-electron chi connectivity index (χ1n) is 14.8. The summed E-state index contributed by atoms with van der Waals surface area (Å²) in [5.41, 5.74) is 6.34. The molecule has 0 amide bonds. The molecule has 0 fully saturated rings. The predicted molar refractivity (Wildman–Crippen MR) is 166 cm³/mol. The quantitative estimate of drug-likeness (QED) is 0.213. The monoisotopic (exact) mass is 546 g/mol. The van der Waals surface area contributed by atoms with Gasteiger partial charge in [-0.25, -0.2) is 4.79 Å². The van der Waals surface area contributed by atoms with Crippen LogP contribution in [0.2, 0.25) is 0 Å². The first-order chi connectivity index (χ1) is 19.9. The van der Waals surface area contributed by atoms with Crippen LogP contribution < -0.4 is 15.0 Å². The van der Waals surface area contributed by atoms with Gasteiger partial charge in [-0.3, -0.25) is 0 Å². The number of esters is 1. The summed E-state index contributed by atoms with van der Waals surface area (Å²) in [4.78, 5) is 15.7. The van der Waals surface area contributed by atoms with Crippen LogP contribution >= 0.6 is 0 Å². The van der Waals surface area contributed by atoms with E-state index in [4.69, 9.17) is 9.47 Å². The summed E-state index contributed by atoms with van der Waals surface area (Å²) >= 11 is 0. The summed E-state index contributed by atoms with van der Waals surface area (Å²) in [5, 5.41) is 3.54. The number of aryl methyl sites for hydroxylation is 1.